The molecule has 1 fully saturated rings. The highest BCUT2D eigenvalue weighted by molar-refractivity contribution is 5.96. The molecule has 0 radical (unpaired) electrons. The molecule has 0 aromatic heterocycles. The quantitative estimate of drug-likeness (QED) is 0.634. The Kier molecular flexibility index (Phi) is 4.59. The lowest BCUT2D eigenvalue weighted by atomic mass is 9.65. The van der Waals surface area contributed by atoms with E-state index in [0.29, 0.717) is 0 Å². The first-order chi connectivity index (χ1) is 11.2. The highest BCUT2D eigenvalue weighted by Gasteiger charge is 2.47. The van der Waals surface area contributed by atoms with Crippen LogP contribution in [0.3, 0.4) is 0 Å². The first-order valence-corrected chi connectivity index (χ1v) is 7.26. The van der Waals surface area contributed by atoms with Gasteiger partial charge in [-0.15, -0.1) is 0 Å². The molecule has 0 saturated heterocycles. The van der Waals surface area contributed by atoms with Gasteiger partial charge in [-0.05, 0) is 49.4 Å². The fourth-order valence-corrected chi connectivity index (χ4v) is 3.22. The van der Waals surface area contributed by atoms with Crippen LogP contribution in [0, 0.1) is 5.92 Å². The second kappa shape index (κ2) is 6.31. The molecule has 8 nitrogen and oxygen atoms in total. The Balaban J connectivity index is 2.58. The van der Waals surface area contributed by atoms with E-state index in [-0.39, 0.29) is 42.4 Å². The van der Waals surface area contributed by atoms with Crippen molar-refractivity contribution in [1.82, 2.24) is 0 Å². The van der Waals surface area contributed by atoms with Crippen LogP contribution in [0.5, 0.6) is 0 Å². The minimum absolute atomic E-state index is 0.0668. The number of hydrogen-bond acceptors (Lipinski definition) is 4. The van der Waals surface area contributed by atoms with E-state index in [4.69, 9.17) is 10.2 Å². The van der Waals surface area contributed by atoms with Crippen LogP contribution < -0.4 is 0 Å². The van der Waals surface area contributed by atoms with Crippen molar-refractivity contribution in [3.8, 4) is 0 Å². The molecule has 8 heteroatoms. The van der Waals surface area contributed by atoms with Gasteiger partial charge in [-0.3, -0.25) is 9.59 Å². The molecule has 0 unspecified atom stereocenters. The third-order valence-corrected chi connectivity index (χ3v) is 4.61. The predicted octanol–water partition coefficient (Wildman–Crippen LogP) is 1.68. The zero-order chi connectivity index (χ0) is 18.1. The Labute approximate surface area is 136 Å². The van der Waals surface area contributed by atoms with E-state index < -0.39 is 35.2 Å². The van der Waals surface area contributed by atoms with E-state index in [0.717, 1.165) is 18.2 Å². The third-order valence-electron chi connectivity index (χ3n) is 4.61. The average Bonchev–Trinajstić information content (AvgIpc) is 2.53. The Morgan fingerprint density at radius 1 is 0.917 bits per heavy atom. The van der Waals surface area contributed by atoms with Crippen molar-refractivity contribution in [1.29, 1.82) is 0 Å². The highest BCUT2D eigenvalue weighted by atomic mass is 16.4. The van der Waals surface area contributed by atoms with E-state index in [2.05, 4.69) is 0 Å². The number of carbonyl (C=O) groups is 4. The van der Waals surface area contributed by atoms with Gasteiger partial charge in [0, 0.05) is 0 Å². The Bertz CT molecular complexity index is 713. The Hall–Kier alpha value is -2.90. The molecule has 1 aliphatic carbocycles. The summed E-state index contributed by atoms with van der Waals surface area (Å²) in [6, 6.07) is 3.25. The van der Waals surface area contributed by atoms with Gasteiger partial charge in [-0.25, -0.2) is 9.59 Å². The molecule has 0 spiro atoms. The lowest BCUT2D eigenvalue weighted by molar-refractivity contribution is -0.150. The number of rotatable bonds is 5. The summed E-state index contributed by atoms with van der Waals surface area (Å²) < 4.78 is 0. The molecule has 1 saturated carbocycles. The molecule has 0 amide bonds. The largest absolute Gasteiger partial charge is 0.481 e. The smallest absolute Gasteiger partial charge is 0.336 e. The van der Waals surface area contributed by atoms with Crippen LogP contribution >= 0.6 is 0 Å². The Morgan fingerprint density at radius 2 is 1.50 bits per heavy atom. The summed E-state index contributed by atoms with van der Waals surface area (Å²) in [6.45, 7) is 0. The molecule has 1 aliphatic rings. The second-order valence-corrected chi connectivity index (χ2v) is 5.87. The summed E-state index contributed by atoms with van der Waals surface area (Å²) in [4.78, 5) is 45.6. The van der Waals surface area contributed by atoms with Gasteiger partial charge >= 0.3 is 23.9 Å². The molecule has 4 N–H and O–H groups in total. The summed E-state index contributed by atoms with van der Waals surface area (Å²) in [6.07, 6.45) is 0.0291. The maximum Gasteiger partial charge on any atom is 0.336 e. The maximum absolute atomic E-state index is 11.9. The predicted molar refractivity (Wildman–Crippen MR) is 79.3 cm³/mol. The lowest BCUT2D eigenvalue weighted by Gasteiger charge is -2.36. The van der Waals surface area contributed by atoms with Crippen molar-refractivity contribution in [2.24, 2.45) is 5.92 Å². The van der Waals surface area contributed by atoms with Gasteiger partial charge in [0.05, 0.1) is 22.5 Å². The molecule has 1 aromatic rings. The molecule has 0 atom stereocenters. The molecule has 0 bridgehead atoms. The minimum Gasteiger partial charge on any atom is -0.481 e. The van der Waals surface area contributed by atoms with Crippen molar-refractivity contribution < 1.29 is 39.6 Å². The van der Waals surface area contributed by atoms with Gasteiger partial charge in [0.25, 0.3) is 0 Å². The summed E-state index contributed by atoms with van der Waals surface area (Å²) in [5, 5.41) is 37.2. The third kappa shape index (κ3) is 2.94. The maximum atomic E-state index is 11.9. The number of aromatic carboxylic acids is 2. The van der Waals surface area contributed by atoms with Crippen LogP contribution in [-0.2, 0) is 15.0 Å². The Morgan fingerprint density at radius 3 is 1.92 bits per heavy atom. The van der Waals surface area contributed by atoms with Gasteiger partial charge < -0.3 is 20.4 Å². The fraction of sp³-hybridized carbons (Fsp3) is 0.375. The molecule has 0 aliphatic heterocycles. The van der Waals surface area contributed by atoms with E-state index in [9.17, 15) is 29.4 Å². The number of carboxylic acids is 4. The van der Waals surface area contributed by atoms with Gasteiger partial charge in [-0.2, -0.15) is 0 Å². The van der Waals surface area contributed by atoms with Crippen LogP contribution in [0.15, 0.2) is 18.2 Å². The molecular formula is C16H16O8. The normalized spacial score (nSPS) is 23.4. The van der Waals surface area contributed by atoms with Crippen LogP contribution in [0.25, 0.3) is 0 Å². The van der Waals surface area contributed by atoms with Crippen LogP contribution in [0.4, 0.5) is 0 Å². The lowest BCUT2D eigenvalue weighted by Crippen LogP contribution is -2.42. The first-order valence-electron chi connectivity index (χ1n) is 7.26. The van der Waals surface area contributed by atoms with Crippen molar-refractivity contribution in [3.63, 3.8) is 0 Å². The number of carboxylic acid groups (broad SMARTS) is 4. The molecule has 24 heavy (non-hydrogen) atoms. The SMILES string of the molecule is O=C(O)c1ccc(C(=O)O)c(C2(C(=O)O)CCC(C(=O)O)CC2)c1. The molecule has 0 heterocycles. The van der Waals surface area contributed by atoms with Crippen LogP contribution in [-0.4, -0.2) is 44.3 Å². The standard InChI is InChI=1S/C16H16O8/c17-12(18)8-3-5-16(6-4-8,15(23)24)11-7-9(13(19)20)1-2-10(11)14(21)22/h1-2,7-8H,3-6H2,(H,17,18)(H,19,20)(H,21,22)(H,23,24). The van der Waals surface area contributed by atoms with Gasteiger partial charge in [0.15, 0.2) is 0 Å². The summed E-state index contributed by atoms with van der Waals surface area (Å²) in [5.74, 6) is -5.65. The van der Waals surface area contributed by atoms with E-state index in [1.807, 2.05) is 0 Å². The van der Waals surface area contributed by atoms with E-state index in [1.165, 1.54) is 0 Å². The van der Waals surface area contributed by atoms with Crippen molar-refractivity contribution in [3.05, 3.63) is 34.9 Å². The summed E-state index contributed by atoms with van der Waals surface area (Å²) >= 11 is 0. The van der Waals surface area contributed by atoms with Gasteiger partial charge in [0.1, 0.15) is 0 Å². The monoisotopic (exact) mass is 336 g/mol. The molecule has 1 aromatic carbocycles. The van der Waals surface area contributed by atoms with Crippen LogP contribution in [0.2, 0.25) is 0 Å². The number of hydrogen-bond donors (Lipinski definition) is 4. The summed E-state index contributed by atoms with van der Waals surface area (Å²) in [7, 11) is 0. The van der Waals surface area contributed by atoms with Crippen molar-refractivity contribution in [2.45, 2.75) is 31.1 Å². The highest BCUT2D eigenvalue weighted by Crippen LogP contribution is 2.43. The van der Waals surface area contributed by atoms with Crippen molar-refractivity contribution >= 4 is 23.9 Å². The second-order valence-electron chi connectivity index (χ2n) is 5.87. The average molecular weight is 336 g/mol. The molecule has 2 rings (SSSR count). The molecule has 128 valence electrons. The zero-order valence-electron chi connectivity index (χ0n) is 12.6. The van der Waals surface area contributed by atoms with Crippen LogP contribution in [0.1, 0.15) is 52.0 Å². The fourth-order valence-electron chi connectivity index (χ4n) is 3.22. The number of aliphatic carboxylic acids is 2. The number of benzene rings is 1. The van der Waals surface area contributed by atoms with Gasteiger partial charge in [-0.1, -0.05) is 0 Å². The van der Waals surface area contributed by atoms with E-state index in [1.54, 1.807) is 0 Å². The topological polar surface area (TPSA) is 149 Å². The molecular weight excluding hydrogens is 320 g/mol. The minimum atomic E-state index is -1.61. The summed E-state index contributed by atoms with van der Waals surface area (Å²) in [5.41, 5.74) is -2.19. The van der Waals surface area contributed by atoms with Gasteiger partial charge in [0.2, 0.25) is 0 Å². The zero-order valence-corrected chi connectivity index (χ0v) is 12.6. The first kappa shape index (κ1) is 17.5. The van der Waals surface area contributed by atoms with E-state index >= 15 is 0 Å². The van der Waals surface area contributed by atoms with Crippen molar-refractivity contribution in [2.75, 3.05) is 0 Å².